The third-order valence-electron chi connectivity index (χ3n) is 1.40. The Balaban J connectivity index is 2.43. The van der Waals surface area contributed by atoms with Crippen molar-refractivity contribution in [3.63, 3.8) is 0 Å². The summed E-state index contributed by atoms with van der Waals surface area (Å²) in [5.41, 5.74) is 0. The third-order valence-corrected chi connectivity index (χ3v) is 1.40. The van der Waals surface area contributed by atoms with Gasteiger partial charge < -0.3 is 9.57 Å². The van der Waals surface area contributed by atoms with Crippen molar-refractivity contribution >= 4 is 0 Å². The van der Waals surface area contributed by atoms with Crippen molar-refractivity contribution in [2.24, 2.45) is 0 Å². The van der Waals surface area contributed by atoms with Gasteiger partial charge in [-0.2, -0.15) is 0 Å². The summed E-state index contributed by atoms with van der Waals surface area (Å²) in [6.45, 7) is 0.136. The molecule has 0 spiro atoms. The summed E-state index contributed by atoms with van der Waals surface area (Å²) in [7, 11) is 0. The average Bonchev–Trinajstić information content (AvgIpc) is 2.34. The number of hydrogen-bond acceptors (Lipinski definition) is 7. The van der Waals surface area contributed by atoms with Crippen molar-refractivity contribution in [1.29, 1.82) is 0 Å². The fourth-order valence-corrected chi connectivity index (χ4v) is 0.940. The fourth-order valence-electron chi connectivity index (χ4n) is 0.940. The van der Waals surface area contributed by atoms with Crippen LogP contribution in [0, 0.1) is 20.2 Å². The van der Waals surface area contributed by atoms with E-state index in [-0.39, 0.29) is 13.0 Å². The monoisotopic (exact) mass is 194 g/mol. The molecule has 1 heterocycles. The molecule has 2 atom stereocenters. The van der Waals surface area contributed by atoms with Crippen LogP contribution >= 0.6 is 0 Å². The molecule has 1 rings (SSSR count). The molecule has 0 radical (unpaired) electrons. The van der Waals surface area contributed by atoms with Gasteiger partial charge >= 0.3 is 0 Å². The van der Waals surface area contributed by atoms with E-state index in [0.717, 1.165) is 0 Å². The summed E-state index contributed by atoms with van der Waals surface area (Å²) >= 11 is 0. The van der Waals surface area contributed by atoms with Crippen molar-refractivity contribution in [2.45, 2.75) is 18.8 Å². The molecule has 9 nitrogen and oxygen atoms in total. The van der Waals surface area contributed by atoms with E-state index in [4.69, 9.17) is 0 Å². The topological polar surface area (TPSA) is 114 Å². The van der Waals surface area contributed by atoms with E-state index >= 15 is 0 Å². The first-order valence-corrected chi connectivity index (χ1v) is 3.33. The molecule has 0 amide bonds. The van der Waals surface area contributed by atoms with Crippen molar-refractivity contribution in [3.05, 3.63) is 20.2 Å². The van der Waals surface area contributed by atoms with Gasteiger partial charge in [-0.3, -0.25) is 4.84 Å². The van der Waals surface area contributed by atoms with Crippen molar-refractivity contribution < 1.29 is 24.6 Å². The minimum atomic E-state index is -1.31. The molecule has 74 valence electrons. The lowest BCUT2D eigenvalue weighted by molar-refractivity contribution is -0.805. The summed E-state index contributed by atoms with van der Waals surface area (Å²) in [4.78, 5) is 27.8. The number of ether oxygens (including phenoxy) is 1. The van der Waals surface area contributed by atoms with E-state index in [1.54, 1.807) is 0 Å². The van der Waals surface area contributed by atoms with Gasteiger partial charge in [0.1, 0.15) is 0 Å². The predicted octanol–water partition coefficient (Wildman–Crippen LogP) is -0.482. The largest absolute Gasteiger partial charge is 0.351 e. The maximum Gasteiger partial charge on any atom is 0.297 e. The first-order valence-electron chi connectivity index (χ1n) is 3.33. The Morgan fingerprint density at radius 3 is 2.38 bits per heavy atom. The van der Waals surface area contributed by atoms with Gasteiger partial charge in [-0.1, -0.05) is 0 Å². The molecule has 0 N–H and O–H groups in total. The van der Waals surface area contributed by atoms with Gasteiger partial charge in [0.05, 0.1) is 6.61 Å². The highest BCUT2D eigenvalue weighted by Crippen LogP contribution is 2.18. The minimum Gasteiger partial charge on any atom is -0.351 e. The van der Waals surface area contributed by atoms with E-state index in [9.17, 15) is 20.2 Å². The summed E-state index contributed by atoms with van der Waals surface area (Å²) in [5.74, 6) is 0. The zero-order valence-corrected chi connectivity index (χ0v) is 6.32. The summed E-state index contributed by atoms with van der Waals surface area (Å²) in [5, 5.41) is 17.6. The van der Waals surface area contributed by atoms with E-state index in [2.05, 4.69) is 14.4 Å². The molecule has 13 heavy (non-hydrogen) atoms. The molecule has 1 aliphatic heterocycles. The van der Waals surface area contributed by atoms with E-state index in [1.165, 1.54) is 0 Å². The van der Waals surface area contributed by atoms with E-state index < -0.39 is 22.6 Å². The highest BCUT2D eigenvalue weighted by atomic mass is 17.0. The van der Waals surface area contributed by atoms with Crippen LogP contribution < -0.4 is 0 Å². The van der Waals surface area contributed by atoms with Crippen LogP contribution in [0.4, 0.5) is 0 Å². The number of rotatable bonds is 4. The van der Waals surface area contributed by atoms with Gasteiger partial charge in [0.15, 0.2) is 6.10 Å². The Labute approximate surface area is 71.4 Å². The van der Waals surface area contributed by atoms with Crippen LogP contribution in [0.2, 0.25) is 0 Å². The van der Waals surface area contributed by atoms with Crippen molar-refractivity contribution in [1.82, 2.24) is 0 Å². The Hall–Kier alpha value is -1.64. The van der Waals surface area contributed by atoms with Gasteiger partial charge in [0.2, 0.25) is 6.29 Å². The van der Waals surface area contributed by atoms with Crippen molar-refractivity contribution in [3.8, 4) is 0 Å². The first-order chi connectivity index (χ1) is 6.09. The van der Waals surface area contributed by atoms with E-state index in [0.29, 0.717) is 0 Å². The van der Waals surface area contributed by atoms with Crippen LogP contribution in [0.1, 0.15) is 6.42 Å². The molecular weight excluding hydrogens is 188 g/mol. The summed E-state index contributed by atoms with van der Waals surface area (Å²) in [6.07, 6.45) is -2.14. The molecule has 1 fully saturated rings. The Kier molecular flexibility index (Phi) is 2.80. The van der Waals surface area contributed by atoms with Gasteiger partial charge in [0, 0.05) is 6.42 Å². The van der Waals surface area contributed by atoms with Crippen LogP contribution in [0.25, 0.3) is 0 Å². The van der Waals surface area contributed by atoms with Crippen molar-refractivity contribution in [2.75, 3.05) is 6.61 Å². The Morgan fingerprint density at radius 2 is 1.85 bits per heavy atom. The fraction of sp³-hybridized carbons (Fsp3) is 1.00. The van der Waals surface area contributed by atoms with Crippen LogP contribution in [0.3, 0.4) is 0 Å². The molecule has 0 bridgehead atoms. The van der Waals surface area contributed by atoms with Gasteiger partial charge in [-0.15, -0.1) is 20.2 Å². The molecule has 0 aromatic rings. The molecule has 0 aromatic carbocycles. The maximum atomic E-state index is 9.89. The molecule has 9 heteroatoms. The molecular formula is C4H6N2O7. The lowest BCUT2D eigenvalue weighted by Crippen LogP contribution is -2.31. The highest BCUT2D eigenvalue weighted by Gasteiger charge is 2.34. The average molecular weight is 194 g/mol. The predicted molar refractivity (Wildman–Crippen MR) is 34.3 cm³/mol. The lowest BCUT2D eigenvalue weighted by atomic mass is 10.3. The molecule has 0 aromatic heterocycles. The first kappa shape index (κ1) is 9.45. The SMILES string of the molecule is O=[N+]([O-])OC1CCOC1O[N+](=O)[O-]. The molecule has 2 unspecified atom stereocenters. The molecule has 1 aliphatic rings. The number of nitrogens with zero attached hydrogens (tertiary/aromatic N) is 2. The van der Waals surface area contributed by atoms with Crippen LogP contribution in [0.5, 0.6) is 0 Å². The van der Waals surface area contributed by atoms with Crippen LogP contribution in [0.15, 0.2) is 0 Å². The minimum absolute atomic E-state index is 0.136. The second-order valence-electron chi connectivity index (χ2n) is 2.22. The Bertz CT molecular complexity index is 197. The third kappa shape index (κ3) is 2.71. The number of hydrogen-bond donors (Lipinski definition) is 0. The molecule has 0 aliphatic carbocycles. The lowest BCUT2D eigenvalue weighted by Gasteiger charge is -2.13. The van der Waals surface area contributed by atoms with Gasteiger partial charge in [0.25, 0.3) is 10.2 Å². The summed E-state index contributed by atoms with van der Waals surface area (Å²) < 4.78 is 4.68. The zero-order valence-electron chi connectivity index (χ0n) is 6.32. The molecule has 1 saturated heterocycles. The maximum absolute atomic E-state index is 9.89. The smallest absolute Gasteiger partial charge is 0.297 e. The Morgan fingerprint density at radius 1 is 1.23 bits per heavy atom. The quantitative estimate of drug-likeness (QED) is 0.438. The highest BCUT2D eigenvalue weighted by molar-refractivity contribution is 4.66. The summed E-state index contributed by atoms with van der Waals surface area (Å²) in [6, 6.07) is 0. The van der Waals surface area contributed by atoms with Gasteiger partial charge in [-0.05, 0) is 0 Å². The second kappa shape index (κ2) is 3.85. The standard InChI is InChI=1S/C4H6N2O7/c7-5(8)12-3-1-2-11-4(3)13-6(9)10/h3-4H,1-2H2. The zero-order chi connectivity index (χ0) is 9.84. The van der Waals surface area contributed by atoms with E-state index in [1.807, 2.05) is 0 Å². The van der Waals surface area contributed by atoms with Crippen LogP contribution in [-0.4, -0.2) is 29.2 Å². The second-order valence-corrected chi connectivity index (χ2v) is 2.22. The molecule has 0 saturated carbocycles. The van der Waals surface area contributed by atoms with Crippen LogP contribution in [-0.2, 0) is 14.4 Å². The van der Waals surface area contributed by atoms with Gasteiger partial charge in [-0.25, -0.2) is 0 Å². The normalized spacial score (nSPS) is 26.8.